The molecule has 1 saturated carbocycles. The van der Waals surface area contributed by atoms with Crippen molar-refractivity contribution in [3.8, 4) is 0 Å². The standard InChI is InChI=1S/C13H23IO2/c1-4-8-13(9-6-7-10-13)16-11(15)12(3,14)5-2/h4-10H2,1-3H3. The van der Waals surface area contributed by atoms with Crippen molar-refractivity contribution in [1.29, 1.82) is 0 Å². The fourth-order valence-corrected chi connectivity index (χ4v) is 2.44. The van der Waals surface area contributed by atoms with Crippen LogP contribution in [0.5, 0.6) is 0 Å². The second kappa shape index (κ2) is 5.69. The quantitative estimate of drug-likeness (QED) is 0.426. The van der Waals surface area contributed by atoms with E-state index in [0.29, 0.717) is 0 Å². The van der Waals surface area contributed by atoms with Crippen LogP contribution in [0.25, 0.3) is 0 Å². The molecule has 0 spiro atoms. The van der Waals surface area contributed by atoms with Crippen molar-refractivity contribution in [3.63, 3.8) is 0 Å². The molecule has 0 aromatic rings. The number of esters is 1. The lowest BCUT2D eigenvalue weighted by Crippen LogP contribution is -2.39. The van der Waals surface area contributed by atoms with E-state index in [9.17, 15) is 4.79 Å². The van der Waals surface area contributed by atoms with Gasteiger partial charge < -0.3 is 4.74 Å². The van der Waals surface area contributed by atoms with Crippen LogP contribution in [0.1, 0.15) is 65.7 Å². The van der Waals surface area contributed by atoms with Gasteiger partial charge in [-0.2, -0.15) is 0 Å². The van der Waals surface area contributed by atoms with Gasteiger partial charge in [-0.3, -0.25) is 4.79 Å². The highest BCUT2D eigenvalue weighted by Gasteiger charge is 2.40. The highest BCUT2D eigenvalue weighted by molar-refractivity contribution is 14.1. The predicted molar refractivity (Wildman–Crippen MR) is 74.9 cm³/mol. The Labute approximate surface area is 113 Å². The number of alkyl halides is 1. The molecule has 0 heterocycles. The van der Waals surface area contributed by atoms with E-state index in [1.165, 1.54) is 12.8 Å². The molecule has 0 aliphatic heterocycles. The van der Waals surface area contributed by atoms with Crippen LogP contribution in [0.15, 0.2) is 0 Å². The van der Waals surface area contributed by atoms with Gasteiger partial charge in [0, 0.05) is 0 Å². The van der Waals surface area contributed by atoms with E-state index in [0.717, 1.165) is 32.1 Å². The summed E-state index contributed by atoms with van der Waals surface area (Å²) in [6.07, 6.45) is 7.47. The van der Waals surface area contributed by atoms with Gasteiger partial charge in [-0.05, 0) is 45.4 Å². The van der Waals surface area contributed by atoms with Crippen LogP contribution in [0.2, 0.25) is 0 Å². The van der Waals surface area contributed by atoms with E-state index < -0.39 is 0 Å². The smallest absolute Gasteiger partial charge is 0.322 e. The average molecular weight is 338 g/mol. The molecule has 3 heteroatoms. The average Bonchev–Trinajstić information content (AvgIpc) is 2.67. The Hall–Kier alpha value is 0.200. The van der Waals surface area contributed by atoms with E-state index >= 15 is 0 Å². The number of carbonyl (C=O) groups excluding carboxylic acids is 1. The summed E-state index contributed by atoms with van der Waals surface area (Å²) in [6.45, 7) is 6.16. The van der Waals surface area contributed by atoms with Gasteiger partial charge in [0.05, 0.1) is 0 Å². The zero-order valence-corrected chi connectivity index (χ0v) is 12.8. The van der Waals surface area contributed by atoms with Gasteiger partial charge in [-0.15, -0.1) is 0 Å². The molecular formula is C13H23IO2. The van der Waals surface area contributed by atoms with Crippen LogP contribution in [0, 0.1) is 0 Å². The summed E-state index contributed by atoms with van der Waals surface area (Å²) in [6, 6.07) is 0. The SMILES string of the molecule is CCCC1(OC(=O)C(C)(I)CC)CCCC1. The first kappa shape index (κ1) is 14.3. The van der Waals surface area contributed by atoms with Gasteiger partial charge >= 0.3 is 5.97 Å². The van der Waals surface area contributed by atoms with Gasteiger partial charge in [-0.25, -0.2) is 0 Å². The number of hydrogen-bond acceptors (Lipinski definition) is 2. The normalized spacial score (nSPS) is 22.8. The molecule has 1 unspecified atom stereocenters. The van der Waals surface area contributed by atoms with Crippen molar-refractivity contribution in [2.45, 2.75) is 74.7 Å². The van der Waals surface area contributed by atoms with Gasteiger partial charge in [0.1, 0.15) is 9.02 Å². The highest BCUT2D eigenvalue weighted by atomic mass is 127. The van der Waals surface area contributed by atoms with Crippen LogP contribution in [-0.2, 0) is 9.53 Å². The molecule has 0 aromatic heterocycles. The summed E-state index contributed by atoms with van der Waals surface area (Å²) in [7, 11) is 0. The third kappa shape index (κ3) is 3.34. The topological polar surface area (TPSA) is 26.3 Å². The lowest BCUT2D eigenvalue weighted by Gasteiger charge is -2.32. The number of carbonyl (C=O) groups is 1. The molecular weight excluding hydrogens is 315 g/mol. The lowest BCUT2D eigenvalue weighted by atomic mass is 9.95. The third-order valence-electron chi connectivity index (χ3n) is 3.62. The molecule has 1 atom stereocenters. The zero-order valence-electron chi connectivity index (χ0n) is 10.6. The molecule has 1 aliphatic carbocycles. The predicted octanol–water partition coefficient (Wildman–Crippen LogP) is 4.25. The van der Waals surface area contributed by atoms with Crippen molar-refractivity contribution in [1.82, 2.24) is 0 Å². The van der Waals surface area contributed by atoms with Crippen LogP contribution in [0.4, 0.5) is 0 Å². The first-order chi connectivity index (χ1) is 7.46. The van der Waals surface area contributed by atoms with Gasteiger partial charge in [0.25, 0.3) is 0 Å². The zero-order chi connectivity index (χ0) is 12.2. The fourth-order valence-electron chi connectivity index (χ4n) is 2.33. The molecule has 16 heavy (non-hydrogen) atoms. The van der Waals surface area contributed by atoms with E-state index in [4.69, 9.17) is 4.74 Å². The van der Waals surface area contributed by atoms with E-state index in [-0.39, 0.29) is 15.0 Å². The van der Waals surface area contributed by atoms with Crippen molar-refractivity contribution in [3.05, 3.63) is 0 Å². The number of ether oxygens (including phenoxy) is 1. The summed E-state index contributed by atoms with van der Waals surface area (Å²) in [5, 5.41) is 0. The van der Waals surface area contributed by atoms with E-state index in [2.05, 4.69) is 29.5 Å². The maximum absolute atomic E-state index is 12.1. The second-order valence-corrected chi connectivity index (χ2v) is 7.46. The molecule has 94 valence electrons. The number of hydrogen-bond donors (Lipinski definition) is 0. The summed E-state index contributed by atoms with van der Waals surface area (Å²) in [5.74, 6) is -0.0223. The van der Waals surface area contributed by atoms with Gasteiger partial charge in [0.2, 0.25) is 0 Å². The summed E-state index contributed by atoms with van der Waals surface area (Å²) in [4.78, 5) is 12.1. The van der Waals surface area contributed by atoms with Crippen molar-refractivity contribution < 1.29 is 9.53 Å². The van der Waals surface area contributed by atoms with Gasteiger partial charge in [-0.1, -0.05) is 42.9 Å². The second-order valence-electron chi connectivity index (χ2n) is 5.08. The molecule has 0 N–H and O–H groups in total. The summed E-state index contributed by atoms with van der Waals surface area (Å²) in [5.41, 5.74) is -0.132. The molecule has 1 aliphatic rings. The van der Waals surface area contributed by atoms with Gasteiger partial charge in [0.15, 0.2) is 0 Å². The van der Waals surface area contributed by atoms with Crippen molar-refractivity contribution in [2.24, 2.45) is 0 Å². The molecule has 2 nitrogen and oxygen atoms in total. The Kier molecular flexibility index (Phi) is 5.08. The van der Waals surface area contributed by atoms with E-state index in [1.54, 1.807) is 0 Å². The Bertz CT molecular complexity index is 242. The maximum atomic E-state index is 12.1. The maximum Gasteiger partial charge on any atom is 0.322 e. The fraction of sp³-hybridized carbons (Fsp3) is 0.923. The summed E-state index contributed by atoms with van der Waals surface area (Å²) < 4.78 is 5.49. The Morgan fingerprint density at radius 1 is 1.38 bits per heavy atom. The Balaban J connectivity index is 2.65. The molecule has 0 radical (unpaired) electrons. The molecule has 0 amide bonds. The lowest BCUT2D eigenvalue weighted by molar-refractivity contribution is -0.162. The van der Waals surface area contributed by atoms with Crippen LogP contribution >= 0.6 is 22.6 Å². The van der Waals surface area contributed by atoms with Crippen LogP contribution < -0.4 is 0 Å². The van der Waals surface area contributed by atoms with E-state index in [1.807, 2.05) is 13.8 Å². The number of halogens is 1. The molecule has 0 saturated heterocycles. The monoisotopic (exact) mass is 338 g/mol. The summed E-state index contributed by atoms with van der Waals surface area (Å²) >= 11 is 2.21. The van der Waals surface area contributed by atoms with Crippen LogP contribution in [0.3, 0.4) is 0 Å². The van der Waals surface area contributed by atoms with Crippen molar-refractivity contribution in [2.75, 3.05) is 0 Å². The molecule has 1 fully saturated rings. The molecule has 1 rings (SSSR count). The minimum Gasteiger partial charge on any atom is -0.458 e. The first-order valence-electron chi connectivity index (χ1n) is 6.38. The minimum atomic E-state index is -0.360. The molecule has 0 bridgehead atoms. The Morgan fingerprint density at radius 3 is 2.38 bits per heavy atom. The van der Waals surface area contributed by atoms with Crippen LogP contribution in [-0.4, -0.2) is 15.0 Å². The highest BCUT2D eigenvalue weighted by Crippen LogP contribution is 2.39. The largest absolute Gasteiger partial charge is 0.458 e. The first-order valence-corrected chi connectivity index (χ1v) is 7.46. The third-order valence-corrected chi connectivity index (χ3v) is 4.82. The minimum absolute atomic E-state index is 0.0223. The Morgan fingerprint density at radius 2 is 1.94 bits per heavy atom. The van der Waals surface area contributed by atoms with Crippen molar-refractivity contribution >= 4 is 28.6 Å². The molecule has 0 aromatic carbocycles. The number of rotatable bonds is 5.